The molecule has 2 heterocycles. The van der Waals surface area contributed by atoms with Gasteiger partial charge < -0.3 is 9.80 Å². The van der Waals surface area contributed by atoms with Gasteiger partial charge in [-0.25, -0.2) is 13.8 Å². The zero-order chi connectivity index (χ0) is 19.4. The van der Waals surface area contributed by atoms with E-state index in [0.717, 1.165) is 38.4 Å². The first kappa shape index (κ1) is 19.3. The average Bonchev–Trinajstić information content (AvgIpc) is 2.67. The van der Waals surface area contributed by atoms with Crippen molar-refractivity contribution >= 4 is 11.7 Å². The summed E-state index contributed by atoms with van der Waals surface area (Å²) in [7, 11) is 3.46. The molecule has 1 aliphatic heterocycles. The van der Waals surface area contributed by atoms with Gasteiger partial charge in [0.15, 0.2) is 0 Å². The van der Waals surface area contributed by atoms with Gasteiger partial charge in [0.05, 0.1) is 5.56 Å². The largest absolute Gasteiger partial charge is 0.356 e. The molecule has 0 radical (unpaired) electrons. The van der Waals surface area contributed by atoms with E-state index in [1.165, 1.54) is 12.1 Å². The van der Waals surface area contributed by atoms with Gasteiger partial charge in [0, 0.05) is 39.4 Å². The zero-order valence-corrected chi connectivity index (χ0v) is 15.8. The second kappa shape index (κ2) is 8.46. The lowest BCUT2D eigenvalue weighted by atomic mass is 9.91. The van der Waals surface area contributed by atoms with E-state index in [0.29, 0.717) is 29.3 Å². The molecule has 4 nitrogen and oxygen atoms in total. The van der Waals surface area contributed by atoms with E-state index in [1.807, 2.05) is 6.07 Å². The lowest BCUT2D eigenvalue weighted by molar-refractivity contribution is 0.0827. The van der Waals surface area contributed by atoms with Crippen LogP contribution in [0.4, 0.5) is 14.6 Å². The van der Waals surface area contributed by atoms with Crippen LogP contribution in [0.5, 0.6) is 0 Å². The summed E-state index contributed by atoms with van der Waals surface area (Å²) in [6.07, 6.45) is 5.17. The lowest BCUT2D eigenvalue weighted by Crippen LogP contribution is -2.38. The Balaban J connectivity index is 1.69. The Morgan fingerprint density at radius 1 is 1.30 bits per heavy atom. The number of aryl methyl sites for hydroxylation is 1. The Hall–Kier alpha value is -2.50. The molecule has 1 aliphatic rings. The normalized spacial score (nSPS) is 17.0. The van der Waals surface area contributed by atoms with Crippen LogP contribution in [0.25, 0.3) is 0 Å². The molecule has 3 rings (SSSR count). The first-order chi connectivity index (χ1) is 13.0. The molecule has 144 valence electrons. The highest BCUT2D eigenvalue weighted by molar-refractivity contribution is 5.98. The standard InChI is InChI=1S/C21H25F2N3O/c1-25(2)21(27)18-6-3-11-24-20(18)26-12-4-5-15(14-26)7-8-16-9-10-17(22)13-19(16)23/h3,6,9-11,13,15H,4-5,7-8,12,14H2,1-2H3/t15-/m1/s1. The third kappa shape index (κ3) is 4.62. The molecule has 0 saturated carbocycles. The Bertz CT molecular complexity index is 810. The highest BCUT2D eigenvalue weighted by Gasteiger charge is 2.25. The average molecular weight is 373 g/mol. The second-order valence-corrected chi connectivity index (χ2v) is 7.30. The molecule has 0 N–H and O–H groups in total. The highest BCUT2D eigenvalue weighted by Crippen LogP contribution is 2.28. The number of hydrogen-bond donors (Lipinski definition) is 0. The smallest absolute Gasteiger partial charge is 0.257 e. The minimum Gasteiger partial charge on any atom is -0.356 e. The number of halogens is 2. The number of amides is 1. The third-order valence-electron chi connectivity index (χ3n) is 5.08. The van der Waals surface area contributed by atoms with Crippen LogP contribution in [0.1, 0.15) is 35.2 Å². The number of pyridine rings is 1. The summed E-state index contributed by atoms with van der Waals surface area (Å²) in [5.74, 6) is 0.00887. The molecule has 1 fully saturated rings. The van der Waals surface area contributed by atoms with E-state index < -0.39 is 11.6 Å². The SMILES string of the molecule is CN(C)C(=O)c1cccnc1N1CCC[C@H](CCc2ccc(F)cc2F)C1. The van der Waals surface area contributed by atoms with E-state index in [1.54, 1.807) is 31.3 Å². The molecule has 0 aliphatic carbocycles. The van der Waals surface area contributed by atoms with Crippen molar-refractivity contribution in [1.82, 2.24) is 9.88 Å². The molecule has 1 atom stereocenters. The molecule has 1 aromatic carbocycles. The van der Waals surface area contributed by atoms with Crippen LogP contribution in [-0.4, -0.2) is 43.0 Å². The van der Waals surface area contributed by atoms with Crippen molar-refractivity contribution in [3.63, 3.8) is 0 Å². The Morgan fingerprint density at radius 2 is 2.11 bits per heavy atom. The quantitative estimate of drug-likeness (QED) is 0.797. The van der Waals surface area contributed by atoms with Crippen molar-refractivity contribution < 1.29 is 13.6 Å². The molecule has 27 heavy (non-hydrogen) atoms. The molecular weight excluding hydrogens is 348 g/mol. The minimum absolute atomic E-state index is 0.0615. The molecule has 6 heteroatoms. The van der Waals surface area contributed by atoms with E-state index in [-0.39, 0.29) is 5.91 Å². The number of nitrogens with zero attached hydrogens (tertiary/aromatic N) is 3. The van der Waals surface area contributed by atoms with Gasteiger partial charge in [0.2, 0.25) is 0 Å². The molecule has 1 saturated heterocycles. The van der Waals surface area contributed by atoms with Gasteiger partial charge in [-0.15, -0.1) is 0 Å². The maximum Gasteiger partial charge on any atom is 0.257 e. The predicted octanol–water partition coefficient (Wildman–Crippen LogP) is 3.91. The van der Waals surface area contributed by atoms with Gasteiger partial charge in [-0.2, -0.15) is 0 Å². The zero-order valence-electron chi connectivity index (χ0n) is 15.8. The maximum absolute atomic E-state index is 13.9. The van der Waals surface area contributed by atoms with E-state index >= 15 is 0 Å². The number of piperidine rings is 1. The Labute approximate surface area is 158 Å². The van der Waals surface area contributed by atoms with Gasteiger partial charge in [-0.3, -0.25) is 4.79 Å². The predicted molar refractivity (Wildman–Crippen MR) is 102 cm³/mol. The van der Waals surface area contributed by atoms with Crippen molar-refractivity contribution in [1.29, 1.82) is 0 Å². The molecule has 0 spiro atoms. The van der Waals surface area contributed by atoms with Gasteiger partial charge in [0.25, 0.3) is 5.91 Å². The number of carbonyl (C=O) groups excluding carboxylic acids is 1. The third-order valence-corrected chi connectivity index (χ3v) is 5.08. The van der Waals surface area contributed by atoms with Crippen molar-refractivity contribution in [2.75, 3.05) is 32.1 Å². The van der Waals surface area contributed by atoms with E-state index in [4.69, 9.17) is 0 Å². The minimum atomic E-state index is -0.548. The fraction of sp³-hybridized carbons (Fsp3) is 0.429. The first-order valence-electron chi connectivity index (χ1n) is 9.31. The lowest BCUT2D eigenvalue weighted by Gasteiger charge is -2.34. The summed E-state index contributed by atoms with van der Waals surface area (Å²) in [6, 6.07) is 7.35. The van der Waals surface area contributed by atoms with Crippen LogP contribution in [0, 0.1) is 17.6 Å². The molecule has 1 amide bonds. The molecule has 0 unspecified atom stereocenters. The van der Waals surface area contributed by atoms with Crippen molar-refractivity contribution in [3.8, 4) is 0 Å². The number of hydrogen-bond acceptors (Lipinski definition) is 3. The summed E-state index contributed by atoms with van der Waals surface area (Å²) < 4.78 is 26.9. The summed E-state index contributed by atoms with van der Waals surface area (Å²) in [4.78, 5) is 20.6. The van der Waals surface area contributed by atoms with Crippen LogP contribution in [0.15, 0.2) is 36.5 Å². The van der Waals surface area contributed by atoms with Crippen LogP contribution >= 0.6 is 0 Å². The first-order valence-corrected chi connectivity index (χ1v) is 9.31. The van der Waals surface area contributed by atoms with Crippen molar-refractivity contribution in [2.45, 2.75) is 25.7 Å². The monoisotopic (exact) mass is 373 g/mol. The van der Waals surface area contributed by atoms with Gasteiger partial charge in [0.1, 0.15) is 17.5 Å². The van der Waals surface area contributed by atoms with E-state index in [9.17, 15) is 13.6 Å². The summed E-state index contributed by atoms with van der Waals surface area (Å²) in [5.41, 5.74) is 1.16. The molecule has 0 bridgehead atoms. The number of anilines is 1. The number of benzene rings is 1. The van der Waals surface area contributed by atoms with Gasteiger partial charge >= 0.3 is 0 Å². The fourth-order valence-corrected chi connectivity index (χ4v) is 3.63. The van der Waals surface area contributed by atoms with Gasteiger partial charge in [-0.1, -0.05) is 6.07 Å². The number of carbonyl (C=O) groups is 1. The Morgan fingerprint density at radius 3 is 2.85 bits per heavy atom. The Kier molecular flexibility index (Phi) is 6.04. The summed E-state index contributed by atoms with van der Waals surface area (Å²) in [5, 5.41) is 0. The topological polar surface area (TPSA) is 36.4 Å². The number of aromatic nitrogens is 1. The van der Waals surface area contributed by atoms with Crippen molar-refractivity contribution in [2.24, 2.45) is 5.92 Å². The molecule has 2 aromatic rings. The summed E-state index contributed by atoms with van der Waals surface area (Å²) in [6.45, 7) is 1.64. The van der Waals surface area contributed by atoms with Crippen LogP contribution in [-0.2, 0) is 6.42 Å². The fourth-order valence-electron chi connectivity index (χ4n) is 3.63. The van der Waals surface area contributed by atoms with Crippen LogP contribution in [0.3, 0.4) is 0 Å². The molecule has 1 aromatic heterocycles. The number of rotatable bonds is 5. The van der Waals surface area contributed by atoms with Crippen molar-refractivity contribution in [3.05, 3.63) is 59.3 Å². The van der Waals surface area contributed by atoms with Gasteiger partial charge in [-0.05, 0) is 55.4 Å². The molecular formula is C21H25F2N3O. The maximum atomic E-state index is 13.9. The van der Waals surface area contributed by atoms with Crippen LogP contribution in [0.2, 0.25) is 0 Å². The second-order valence-electron chi connectivity index (χ2n) is 7.30. The van der Waals surface area contributed by atoms with Crippen LogP contribution < -0.4 is 4.90 Å². The summed E-state index contributed by atoms with van der Waals surface area (Å²) >= 11 is 0. The highest BCUT2D eigenvalue weighted by atomic mass is 19.1. The van der Waals surface area contributed by atoms with E-state index in [2.05, 4.69) is 9.88 Å².